The second-order valence-electron chi connectivity index (χ2n) is 10.7. The van der Waals surface area contributed by atoms with Gasteiger partial charge in [0, 0.05) is 0 Å². The second-order valence-corrected chi connectivity index (χ2v) is 10.7. The van der Waals surface area contributed by atoms with Crippen LogP contribution in [0.4, 0.5) is 0 Å². The summed E-state index contributed by atoms with van der Waals surface area (Å²) in [7, 11) is 0. The van der Waals surface area contributed by atoms with Crippen LogP contribution in [0, 0.1) is 17.8 Å². The Labute approximate surface area is 225 Å². The maximum Gasteiger partial charge on any atom is 0.344 e. The normalized spacial score (nSPS) is 22.7. The molecule has 0 unspecified atom stereocenters. The van der Waals surface area contributed by atoms with Crippen LogP contribution in [-0.4, -0.2) is 47.6 Å². The number of hydrogen-bond donors (Lipinski definition) is 2. The van der Waals surface area contributed by atoms with Gasteiger partial charge in [-0.25, -0.2) is 9.59 Å². The molecule has 2 aromatic carbocycles. The predicted molar refractivity (Wildman–Crippen MR) is 143 cm³/mol. The van der Waals surface area contributed by atoms with Crippen molar-refractivity contribution in [1.82, 2.24) is 0 Å². The monoisotopic (exact) mass is 524 g/mol. The number of aliphatic hydroxyl groups excluding tert-OH is 1. The summed E-state index contributed by atoms with van der Waals surface area (Å²) >= 11 is 0. The summed E-state index contributed by atoms with van der Waals surface area (Å²) < 4.78 is 17.0. The molecule has 0 amide bonds. The van der Waals surface area contributed by atoms with Gasteiger partial charge in [-0.2, -0.15) is 0 Å². The highest BCUT2D eigenvalue weighted by molar-refractivity contribution is 5.71. The zero-order chi connectivity index (χ0) is 26.9. The Morgan fingerprint density at radius 3 is 2.55 bits per heavy atom. The summed E-state index contributed by atoms with van der Waals surface area (Å²) in [6.45, 7) is 1.68. The molecule has 0 aromatic heterocycles. The fourth-order valence-corrected chi connectivity index (χ4v) is 6.22. The van der Waals surface area contributed by atoms with Crippen molar-refractivity contribution in [3.63, 3.8) is 0 Å². The first-order chi connectivity index (χ1) is 18.4. The minimum absolute atomic E-state index is 0.117. The molecule has 0 bridgehead atoms. The van der Waals surface area contributed by atoms with E-state index in [1.165, 1.54) is 5.56 Å². The quantitative estimate of drug-likeness (QED) is 0.258. The zero-order valence-electron chi connectivity index (χ0n) is 22.2. The van der Waals surface area contributed by atoms with Gasteiger partial charge in [0.2, 0.25) is 0 Å². The number of fused-ring (bicyclic) bond motifs is 2. The fraction of sp³-hybridized carbons (Fsp3) is 0.548. The number of unbranched alkanes of at least 4 members (excludes halogenated alkanes) is 2. The van der Waals surface area contributed by atoms with E-state index in [2.05, 4.69) is 13.0 Å². The van der Waals surface area contributed by atoms with Gasteiger partial charge in [0.25, 0.3) is 0 Å². The SMILES string of the molecule is CCCCC[C@@H](CC[C@@H]1[C@H]2Cc3cccc(OCC(=O)O)c3C[C@H]2C[C@H]1O)OC(=O)COc1ccccc1. The third kappa shape index (κ3) is 7.50. The fourth-order valence-electron chi connectivity index (χ4n) is 6.22. The van der Waals surface area contributed by atoms with Gasteiger partial charge in [-0.05, 0) is 92.0 Å². The molecular formula is C31H40O7. The van der Waals surface area contributed by atoms with Gasteiger partial charge < -0.3 is 24.4 Å². The third-order valence-electron chi connectivity index (χ3n) is 8.05. The number of benzene rings is 2. The van der Waals surface area contributed by atoms with E-state index in [0.29, 0.717) is 23.3 Å². The van der Waals surface area contributed by atoms with Gasteiger partial charge in [-0.1, -0.05) is 50.1 Å². The molecule has 38 heavy (non-hydrogen) atoms. The summed E-state index contributed by atoms with van der Waals surface area (Å²) in [5, 5.41) is 20.0. The van der Waals surface area contributed by atoms with Gasteiger partial charge >= 0.3 is 11.9 Å². The molecule has 2 aliphatic rings. The van der Waals surface area contributed by atoms with Crippen molar-refractivity contribution in [3.8, 4) is 11.5 Å². The van der Waals surface area contributed by atoms with Crippen LogP contribution in [0.25, 0.3) is 0 Å². The summed E-state index contributed by atoms with van der Waals surface area (Å²) in [6.07, 6.45) is 7.31. The molecular weight excluding hydrogens is 484 g/mol. The van der Waals surface area contributed by atoms with Crippen molar-refractivity contribution in [2.24, 2.45) is 17.8 Å². The van der Waals surface area contributed by atoms with Crippen LogP contribution in [0.15, 0.2) is 48.5 Å². The molecule has 1 saturated carbocycles. The van der Waals surface area contributed by atoms with Crippen LogP contribution in [0.5, 0.6) is 11.5 Å². The Balaban J connectivity index is 1.35. The molecule has 0 spiro atoms. The largest absolute Gasteiger partial charge is 0.482 e. The first-order valence-electron chi connectivity index (χ1n) is 13.9. The van der Waals surface area contributed by atoms with Gasteiger partial charge in [0.1, 0.15) is 17.6 Å². The molecule has 0 saturated heterocycles. The number of ether oxygens (including phenoxy) is 3. The Kier molecular flexibility index (Phi) is 10.0. The summed E-state index contributed by atoms with van der Waals surface area (Å²) in [5.41, 5.74) is 2.25. The molecule has 2 aliphatic carbocycles. The number of hydrogen-bond acceptors (Lipinski definition) is 6. The van der Waals surface area contributed by atoms with Crippen LogP contribution in [0.1, 0.15) is 63.0 Å². The van der Waals surface area contributed by atoms with Crippen molar-refractivity contribution >= 4 is 11.9 Å². The molecule has 4 rings (SSSR count). The number of carboxylic acid groups (broad SMARTS) is 1. The summed E-state index contributed by atoms with van der Waals surface area (Å²) in [5.74, 6) is 0.750. The van der Waals surface area contributed by atoms with E-state index in [1.54, 1.807) is 0 Å². The second kappa shape index (κ2) is 13.7. The third-order valence-corrected chi connectivity index (χ3v) is 8.05. The van der Waals surface area contributed by atoms with Crippen molar-refractivity contribution < 1.29 is 34.0 Å². The van der Waals surface area contributed by atoms with E-state index < -0.39 is 12.1 Å². The first-order valence-corrected chi connectivity index (χ1v) is 13.9. The highest BCUT2D eigenvalue weighted by atomic mass is 16.6. The smallest absolute Gasteiger partial charge is 0.344 e. The molecule has 7 heteroatoms. The van der Waals surface area contributed by atoms with E-state index in [0.717, 1.165) is 63.4 Å². The number of carbonyl (C=O) groups excluding carboxylic acids is 1. The minimum Gasteiger partial charge on any atom is -0.482 e. The van der Waals surface area contributed by atoms with Gasteiger partial charge in [-0.15, -0.1) is 0 Å². The number of para-hydroxylation sites is 1. The Bertz CT molecular complexity index is 1050. The Morgan fingerprint density at radius 2 is 1.79 bits per heavy atom. The van der Waals surface area contributed by atoms with E-state index in [9.17, 15) is 14.7 Å². The maximum absolute atomic E-state index is 12.6. The van der Waals surface area contributed by atoms with Gasteiger partial charge in [-0.3, -0.25) is 0 Å². The Hall–Kier alpha value is -3.06. The lowest BCUT2D eigenvalue weighted by atomic mass is 9.73. The Morgan fingerprint density at radius 1 is 0.974 bits per heavy atom. The van der Waals surface area contributed by atoms with Crippen LogP contribution in [0.3, 0.4) is 0 Å². The van der Waals surface area contributed by atoms with E-state index in [1.807, 2.05) is 42.5 Å². The average molecular weight is 525 g/mol. The summed E-state index contributed by atoms with van der Waals surface area (Å²) in [4.78, 5) is 23.6. The number of carbonyl (C=O) groups is 2. The van der Waals surface area contributed by atoms with Crippen molar-refractivity contribution in [1.29, 1.82) is 0 Å². The predicted octanol–water partition coefficient (Wildman–Crippen LogP) is 5.21. The van der Waals surface area contributed by atoms with Crippen LogP contribution < -0.4 is 9.47 Å². The standard InChI is InChI=1S/C31H40O7/c1-2-3-5-12-24(38-31(35)20-36-23-10-6-4-7-11-23)14-15-25-26-16-21-9-8-13-29(37-19-30(33)34)27(21)17-22(26)18-28(25)32/h4,6-11,13,22,24-26,28,32H,2-3,5,12,14-20H2,1H3,(H,33,34)/t22-,24-,25+,26-,28+/m0/s1. The number of rotatable bonds is 14. The average Bonchev–Trinajstić information content (AvgIpc) is 3.22. The van der Waals surface area contributed by atoms with E-state index in [4.69, 9.17) is 19.3 Å². The topological polar surface area (TPSA) is 102 Å². The molecule has 1 fully saturated rings. The molecule has 2 aromatic rings. The van der Waals surface area contributed by atoms with Crippen molar-refractivity contribution in [3.05, 3.63) is 59.7 Å². The minimum atomic E-state index is -0.992. The van der Waals surface area contributed by atoms with Crippen LogP contribution in [-0.2, 0) is 27.2 Å². The molecule has 0 heterocycles. The number of esters is 1. The molecule has 0 radical (unpaired) electrons. The van der Waals surface area contributed by atoms with Crippen molar-refractivity contribution in [2.75, 3.05) is 13.2 Å². The molecule has 206 valence electrons. The van der Waals surface area contributed by atoms with Crippen LogP contribution >= 0.6 is 0 Å². The molecule has 7 nitrogen and oxygen atoms in total. The van der Waals surface area contributed by atoms with Crippen molar-refractivity contribution in [2.45, 2.75) is 76.9 Å². The lowest BCUT2D eigenvalue weighted by Gasteiger charge is -2.32. The van der Waals surface area contributed by atoms with Gasteiger partial charge in [0.05, 0.1) is 6.10 Å². The van der Waals surface area contributed by atoms with E-state index >= 15 is 0 Å². The van der Waals surface area contributed by atoms with E-state index in [-0.39, 0.29) is 31.2 Å². The highest BCUT2D eigenvalue weighted by Gasteiger charge is 2.45. The van der Waals surface area contributed by atoms with Gasteiger partial charge in [0.15, 0.2) is 13.2 Å². The number of aliphatic hydroxyl groups is 1. The summed E-state index contributed by atoms with van der Waals surface area (Å²) in [6, 6.07) is 15.1. The lowest BCUT2D eigenvalue weighted by molar-refractivity contribution is -0.152. The highest BCUT2D eigenvalue weighted by Crippen LogP contribution is 2.48. The zero-order valence-corrected chi connectivity index (χ0v) is 22.2. The maximum atomic E-state index is 12.6. The lowest BCUT2D eigenvalue weighted by Crippen LogP contribution is -2.29. The molecule has 2 N–H and O–H groups in total. The first kappa shape index (κ1) is 28.0. The van der Waals surface area contributed by atoms with Crippen LogP contribution in [0.2, 0.25) is 0 Å². The molecule has 0 aliphatic heterocycles. The number of carboxylic acids is 1. The molecule has 5 atom stereocenters. The number of aliphatic carboxylic acids is 1.